The van der Waals surface area contributed by atoms with E-state index in [9.17, 15) is 14.5 Å². The highest BCUT2D eigenvalue weighted by molar-refractivity contribution is 7.73. The molecule has 146 valence electrons. The van der Waals surface area contributed by atoms with Crippen LogP contribution >= 0.6 is 35.2 Å². The third-order valence-corrected chi connectivity index (χ3v) is 5.35. The predicted octanol–water partition coefficient (Wildman–Crippen LogP) is 5.21. The number of anilines is 2. The summed E-state index contributed by atoms with van der Waals surface area (Å²) in [5.41, 5.74) is 1.34. The molecule has 2 aromatic carbocycles. The maximum atomic E-state index is 13.0. The average Bonchev–Trinajstić information content (AvgIpc) is 2.97. The third-order valence-electron chi connectivity index (χ3n) is 3.76. The molecule has 0 atom stereocenters. The average molecular weight is 440 g/mol. The molecule has 0 unspecified atom stereocenters. The molecule has 0 aliphatic carbocycles. The highest BCUT2D eigenvalue weighted by Gasteiger charge is 2.13. The fourth-order valence-electron chi connectivity index (χ4n) is 2.47. The van der Waals surface area contributed by atoms with Crippen LogP contribution in [0.2, 0.25) is 5.02 Å². The van der Waals surface area contributed by atoms with Crippen LogP contribution in [0.5, 0.6) is 0 Å². The van der Waals surface area contributed by atoms with Gasteiger partial charge in [-0.15, -0.1) is 5.10 Å². The van der Waals surface area contributed by atoms with Gasteiger partial charge in [0.15, 0.2) is 3.95 Å². The molecular formula is C17H15ClFN5O2S2. The van der Waals surface area contributed by atoms with Crippen molar-refractivity contribution in [1.29, 1.82) is 0 Å². The molecule has 3 rings (SSSR count). The monoisotopic (exact) mass is 439 g/mol. The number of nitrogens with one attached hydrogen (secondary N) is 1. The highest BCUT2D eigenvalue weighted by atomic mass is 35.5. The van der Waals surface area contributed by atoms with Gasteiger partial charge in [-0.05, 0) is 55.2 Å². The number of hydrogen-bond donors (Lipinski definition) is 1. The zero-order valence-electron chi connectivity index (χ0n) is 14.6. The molecule has 0 spiro atoms. The first-order valence-electron chi connectivity index (χ1n) is 8.04. The van der Waals surface area contributed by atoms with E-state index >= 15 is 0 Å². The molecule has 0 amide bonds. The Balaban J connectivity index is 1.69. The largest absolute Gasteiger partial charge is 0.330 e. The molecule has 7 nitrogen and oxygen atoms in total. The normalized spacial score (nSPS) is 11.0. The van der Waals surface area contributed by atoms with Crippen LogP contribution in [0.1, 0.15) is 5.56 Å². The number of aromatic nitrogens is 2. The first kappa shape index (κ1) is 20.3. The molecule has 0 radical (unpaired) electrons. The number of nitro groups is 1. The Morgan fingerprint density at radius 2 is 2.07 bits per heavy atom. The number of rotatable bonds is 7. The molecule has 0 saturated carbocycles. The van der Waals surface area contributed by atoms with E-state index in [1.54, 1.807) is 16.8 Å². The summed E-state index contributed by atoms with van der Waals surface area (Å²) in [5.74, 6) is -0.315. The topological polar surface area (TPSA) is 76.2 Å². The SMILES string of the molecule is CN(Cc1cc([N+](=O)[O-])ccc1Cl)Cn1nc(Nc2ccc(F)cc2)sc1=S. The Morgan fingerprint density at radius 3 is 2.75 bits per heavy atom. The zero-order valence-corrected chi connectivity index (χ0v) is 17.0. The highest BCUT2D eigenvalue weighted by Crippen LogP contribution is 2.24. The van der Waals surface area contributed by atoms with Crippen LogP contribution in [0.4, 0.5) is 20.9 Å². The van der Waals surface area contributed by atoms with Crippen molar-refractivity contribution >= 4 is 51.7 Å². The minimum atomic E-state index is -0.455. The number of benzene rings is 2. The van der Waals surface area contributed by atoms with Gasteiger partial charge < -0.3 is 5.32 Å². The Morgan fingerprint density at radius 1 is 1.36 bits per heavy atom. The van der Waals surface area contributed by atoms with Gasteiger partial charge in [-0.2, -0.15) is 0 Å². The van der Waals surface area contributed by atoms with E-state index in [1.807, 2.05) is 11.9 Å². The van der Waals surface area contributed by atoms with Crippen molar-refractivity contribution in [2.45, 2.75) is 13.2 Å². The minimum Gasteiger partial charge on any atom is -0.330 e. The quantitative estimate of drug-likeness (QED) is 0.309. The Bertz CT molecular complexity index is 1050. The van der Waals surface area contributed by atoms with E-state index in [2.05, 4.69) is 10.4 Å². The zero-order chi connectivity index (χ0) is 20.3. The summed E-state index contributed by atoms with van der Waals surface area (Å²) >= 11 is 12.8. The van der Waals surface area contributed by atoms with Gasteiger partial charge in [-0.1, -0.05) is 22.9 Å². The minimum absolute atomic E-state index is 0.0103. The summed E-state index contributed by atoms with van der Waals surface area (Å²) < 4.78 is 15.2. The standard InChI is InChI=1S/C17H15ClFN5O2S2/c1-22(9-11-8-14(24(25)26)6-7-15(11)18)10-23-17(27)28-16(21-23)20-13-4-2-12(19)3-5-13/h2-8H,9-10H2,1H3,(H,20,21). The summed E-state index contributed by atoms with van der Waals surface area (Å²) in [6, 6.07) is 10.3. The Kier molecular flexibility index (Phi) is 6.35. The van der Waals surface area contributed by atoms with Crippen LogP contribution in [0.15, 0.2) is 42.5 Å². The first-order chi connectivity index (χ1) is 13.3. The van der Waals surface area contributed by atoms with Crippen LogP contribution < -0.4 is 5.32 Å². The molecule has 11 heteroatoms. The van der Waals surface area contributed by atoms with Gasteiger partial charge in [-0.25, -0.2) is 9.07 Å². The van der Waals surface area contributed by atoms with Gasteiger partial charge >= 0.3 is 0 Å². The maximum absolute atomic E-state index is 13.0. The van der Waals surface area contributed by atoms with Crippen LogP contribution in [0.3, 0.4) is 0 Å². The van der Waals surface area contributed by atoms with Crippen molar-refractivity contribution in [3.05, 3.63) is 72.9 Å². The van der Waals surface area contributed by atoms with E-state index < -0.39 is 4.92 Å². The molecule has 28 heavy (non-hydrogen) atoms. The van der Waals surface area contributed by atoms with Crippen LogP contribution in [0.25, 0.3) is 0 Å². The van der Waals surface area contributed by atoms with Gasteiger partial charge in [0.25, 0.3) is 5.69 Å². The fraction of sp³-hybridized carbons (Fsp3) is 0.176. The van der Waals surface area contributed by atoms with Gasteiger partial charge in [-0.3, -0.25) is 15.0 Å². The van der Waals surface area contributed by atoms with Crippen molar-refractivity contribution in [1.82, 2.24) is 14.7 Å². The molecule has 1 heterocycles. The lowest BCUT2D eigenvalue weighted by atomic mass is 10.2. The molecule has 0 fully saturated rings. The molecule has 3 aromatic rings. The second-order valence-electron chi connectivity index (χ2n) is 5.99. The van der Waals surface area contributed by atoms with E-state index in [0.29, 0.717) is 38.6 Å². The second kappa shape index (κ2) is 8.74. The molecule has 0 aliphatic heterocycles. The smallest absolute Gasteiger partial charge is 0.269 e. The summed E-state index contributed by atoms with van der Waals surface area (Å²) in [7, 11) is 1.84. The number of nitrogens with zero attached hydrogens (tertiary/aromatic N) is 4. The van der Waals surface area contributed by atoms with Crippen molar-refractivity contribution < 1.29 is 9.31 Å². The summed E-state index contributed by atoms with van der Waals surface area (Å²) in [6.45, 7) is 0.764. The predicted molar refractivity (Wildman–Crippen MR) is 110 cm³/mol. The summed E-state index contributed by atoms with van der Waals surface area (Å²) in [5, 5.41) is 19.5. The summed E-state index contributed by atoms with van der Waals surface area (Å²) in [4.78, 5) is 12.4. The second-order valence-corrected chi connectivity index (χ2v) is 8.02. The molecule has 1 aromatic heterocycles. The van der Waals surface area contributed by atoms with E-state index in [4.69, 9.17) is 23.8 Å². The summed E-state index contributed by atoms with van der Waals surface area (Å²) in [6.07, 6.45) is 0. The first-order valence-corrected chi connectivity index (χ1v) is 9.64. The van der Waals surface area contributed by atoms with Crippen LogP contribution in [0, 0.1) is 19.9 Å². The number of non-ortho nitro benzene ring substituents is 1. The molecule has 0 saturated heterocycles. The molecule has 0 bridgehead atoms. The lowest BCUT2D eigenvalue weighted by Crippen LogP contribution is -2.22. The maximum Gasteiger partial charge on any atom is 0.269 e. The Hall–Kier alpha value is -2.40. The number of halogens is 2. The number of hydrogen-bond acceptors (Lipinski definition) is 7. The lowest BCUT2D eigenvalue weighted by Gasteiger charge is -2.17. The van der Waals surface area contributed by atoms with Crippen molar-refractivity contribution in [2.24, 2.45) is 0 Å². The molecule has 0 aliphatic rings. The fourth-order valence-corrected chi connectivity index (χ4v) is 3.66. The van der Waals surface area contributed by atoms with Crippen LogP contribution in [-0.2, 0) is 13.2 Å². The number of nitro benzene ring substituents is 1. The third kappa shape index (κ3) is 5.10. The van der Waals surface area contributed by atoms with Crippen molar-refractivity contribution in [3.8, 4) is 0 Å². The van der Waals surface area contributed by atoms with Gasteiger partial charge in [0, 0.05) is 29.4 Å². The Labute approximate surface area is 174 Å². The van der Waals surface area contributed by atoms with E-state index in [-0.39, 0.29) is 11.5 Å². The van der Waals surface area contributed by atoms with Gasteiger partial charge in [0.1, 0.15) is 5.82 Å². The lowest BCUT2D eigenvalue weighted by molar-refractivity contribution is -0.384. The van der Waals surface area contributed by atoms with E-state index in [0.717, 1.165) is 0 Å². The van der Waals surface area contributed by atoms with Crippen LogP contribution in [-0.4, -0.2) is 26.7 Å². The molecule has 1 N–H and O–H groups in total. The van der Waals surface area contributed by atoms with E-state index in [1.165, 1.54) is 41.7 Å². The molecular weight excluding hydrogens is 425 g/mol. The van der Waals surface area contributed by atoms with Gasteiger partial charge in [0.2, 0.25) is 5.13 Å². The van der Waals surface area contributed by atoms with Gasteiger partial charge in [0.05, 0.1) is 11.6 Å². The van der Waals surface area contributed by atoms with Crippen molar-refractivity contribution in [2.75, 3.05) is 12.4 Å². The van der Waals surface area contributed by atoms with Crippen molar-refractivity contribution in [3.63, 3.8) is 0 Å².